The molecule has 0 spiro atoms. The molecule has 1 rings (SSSR count). The molecule has 1 saturated carbocycles. The molecule has 1 aliphatic rings. The molecule has 0 N–H and O–H groups in total. The standard InChI is InChI=1S/C11H18O2S/c1-3-9-4-6-10(7-5-9)11(12)13-8-14-2/h3,9-10H,1,4-8H2,2H3. The van der Waals surface area contributed by atoms with E-state index in [1.807, 2.05) is 12.3 Å². The zero-order valence-corrected chi connectivity index (χ0v) is 9.52. The SMILES string of the molecule is C=CC1CCC(C(=O)OCSC)CC1. The van der Waals surface area contributed by atoms with Crippen molar-refractivity contribution in [1.29, 1.82) is 0 Å². The number of hydrogen-bond donors (Lipinski definition) is 0. The van der Waals surface area contributed by atoms with Crippen LogP contribution >= 0.6 is 11.8 Å². The highest BCUT2D eigenvalue weighted by atomic mass is 32.2. The summed E-state index contributed by atoms with van der Waals surface area (Å²) < 4.78 is 5.10. The zero-order chi connectivity index (χ0) is 10.4. The maximum Gasteiger partial charge on any atom is 0.309 e. The van der Waals surface area contributed by atoms with Gasteiger partial charge < -0.3 is 4.74 Å². The average Bonchev–Trinajstić information content (AvgIpc) is 2.26. The molecule has 0 saturated heterocycles. The minimum absolute atomic E-state index is 0.0122. The van der Waals surface area contributed by atoms with Gasteiger partial charge in [-0.15, -0.1) is 18.3 Å². The summed E-state index contributed by atoms with van der Waals surface area (Å²) in [6.45, 7) is 3.78. The van der Waals surface area contributed by atoms with Crippen molar-refractivity contribution >= 4 is 17.7 Å². The van der Waals surface area contributed by atoms with Gasteiger partial charge in [-0.25, -0.2) is 0 Å². The van der Waals surface area contributed by atoms with Gasteiger partial charge in [-0.05, 0) is 37.9 Å². The molecule has 0 amide bonds. The molecule has 2 nitrogen and oxygen atoms in total. The highest BCUT2D eigenvalue weighted by Crippen LogP contribution is 2.30. The first-order valence-electron chi connectivity index (χ1n) is 5.06. The summed E-state index contributed by atoms with van der Waals surface area (Å²) in [7, 11) is 0. The van der Waals surface area contributed by atoms with Crippen molar-refractivity contribution in [2.45, 2.75) is 25.7 Å². The molecule has 3 heteroatoms. The number of carbonyl (C=O) groups excluding carboxylic acids is 1. The van der Waals surface area contributed by atoms with Crippen LogP contribution in [0.2, 0.25) is 0 Å². The summed E-state index contributed by atoms with van der Waals surface area (Å²) in [5.74, 6) is 1.22. The van der Waals surface area contributed by atoms with Crippen molar-refractivity contribution in [2.75, 3.05) is 12.2 Å². The minimum Gasteiger partial charge on any atom is -0.454 e. The summed E-state index contributed by atoms with van der Waals surface area (Å²) in [5, 5.41) is 0. The lowest BCUT2D eigenvalue weighted by Crippen LogP contribution is -2.23. The van der Waals surface area contributed by atoms with E-state index in [1.165, 1.54) is 11.8 Å². The van der Waals surface area contributed by atoms with Crippen LogP contribution in [0.15, 0.2) is 12.7 Å². The summed E-state index contributed by atoms with van der Waals surface area (Å²) in [6, 6.07) is 0. The third-order valence-corrected chi connectivity index (χ3v) is 3.11. The van der Waals surface area contributed by atoms with Crippen LogP contribution in [0.1, 0.15) is 25.7 Å². The first-order valence-corrected chi connectivity index (χ1v) is 6.45. The molecule has 0 aliphatic heterocycles. The Bertz CT molecular complexity index is 195. The van der Waals surface area contributed by atoms with Crippen LogP contribution in [0.5, 0.6) is 0 Å². The Morgan fingerprint density at radius 2 is 2.14 bits per heavy atom. The summed E-state index contributed by atoms with van der Waals surface area (Å²) in [4.78, 5) is 11.5. The molecule has 0 heterocycles. The molecule has 14 heavy (non-hydrogen) atoms. The van der Waals surface area contributed by atoms with Gasteiger partial charge in [0.05, 0.1) is 5.92 Å². The normalized spacial score (nSPS) is 26.9. The maximum absolute atomic E-state index is 11.5. The van der Waals surface area contributed by atoms with E-state index in [4.69, 9.17) is 4.74 Å². The molecule has 0 aromatic heterocycles. The van der Waals surface area contributed by atoms with Gasteiger partial charge in [0.15, 0.2) is 0 Å². The predicted molar refractivity (Wildman–Crippen MR) is 60.1 cm³/mol. The predicted octanol–water partition coefficient (Wildman–Crippen LogP) is 2.84. The molecular formula is C11H18O2S. The van der Waals surface area contributed by atoms with E-state index < -0.39 is 0 Å². The van der Waals surface area contributed by atoms with Crippen molar-refractivity contribution in [1.82, 2.24) is 0 Å². The van der Waals surface area contributed by atoms with Crippen LogP contribution in [-0.2, 0) is 9.53 Å². The molecule has 1 fully saturated rings. The van der Waals surface area contributed by atoms with E-state index in [-0.39, 0.29) is 11.9 Å². The number of carbonyl (C=O) groups is 1. The topological polar surface area (TPSA) is 26.3 Å². The summed E-state index contributed by atoms with van der Waals surface area (Å²) in [6.07, 6.45) is 8.03. The smallest absolute Gasteiger partial charge is 0.309 e. The van der Waals surface area contributed by atoms with Crippen molar-refractivity contribution in [3.63, 3.8) is 0 Å². The van der Waals surface area contributed by atoms with Crippen LogP contribution in [0, 0.1) is 11.8 Å². The Morgan fingerprint density at radius 3 is 2.64 bits per heavy atom. The fourth-order valence-electron chi connectivity index (χ4n) is 1.83. The molecule has 0 atom stereocenters. The Hall–Kier alpha value is -0.440. The van der Waals surface area contributed by atoms with E-state index in [1.54, 1.807) is 0 Å². The van der Waals surface area contributed by atoms with E-state index in [2.05, 4.69) is 6.58 Å². The first kappa shape index (κ1) is 11.6. The van der Waals surface area contributed by atoms with Crippen molar-refractivity contribution in [2.24, 2.45) is 11.8 Å². The zero-order valence-electron chi connectivity index (χ0n) is 8.70. The van der Waals surface area contributed by atoms with Gasteiger partial charge in [0.2, 0.25) is 0 Å². The number of ether oxygens (including phenoxy) is 1. The largest absolute Gasteiger partial charge is 0.454 e. The Kier molecular flexibility index (Phi) is 5.09. The van der Waals surface area contributed by atoms with Crippen LogP contribution < -0.4 is 0 Å². The lowest BCUT2D eigenvalue weighted by molar-refractivity contribution is -0.147. The second-order valence-electron chi connectivity index (χ2n) is 3.72. The second kappa shape index (κ2) is 6.12. The summed E-state index contributed by atoms with van der Waals surface area (Å²) >= 11 is 1.54. The molecule has 80 valence electrons. The van der Waals surface area contributed by atoms with Gasteiger partial charge in [0.1, 0.15) is 5.94 Å². The van der Waals surface area contributed by atoms with Crippen LogP contribution in [0.4, 0.5) is 0 Å². The van der Waals surface area contributed by atoms with Gasteiger partial charge >= 0.3 is 5.97 Å². The summed E-state index contributed by atoms with van der Waals surface area (Å²) in [5.41, 5.74) is 0. The van der Waals surface area contributed by atoms with Gasteiger partial charge in [0, 0.05) is 0 Å². The molecule has 0 aromatic carbocycles. The van der Waals surface area contributed by atoms with Crippen molar-refractivity contribution in [3.8, 4) is 0 Å². The highest BCUT2D eigenvalue weighted by Gasteiger charge is 2.25. The average molecular weight is 214 g/mol. The molecule has 0 unspecified atom stereocenters. The van der Waals surface area contributed by atoms with Gasteiger partial charge in [0.25, 0.3) is 0 Å². The first-order chi connectivity index (χ1) is 6.77. The molecule has 0 bridgehead atoms. The van der Waals surface area contributed by atoms with Gasteiger partial charge in [-0.3, -0.25) is 4.79 Å². The van der Waals surface area contributed by atoms with Crippen LogP contribution in [0.25, 0.3) is 0 Å². The monoisotopic (exact) mass is 214 g/mol. The molecular weight excluding hydrogens is 196 g/mol. The fraction of sp³-hybridized carbons (Fsp3) is 0.727. The second-order valence-corrected chi connectivity index (χ2v) is 4.53. The quantitative estimate of drug-likeness (QED) is 0.409. The van der Waals surface area contributed by atoms with Crippen molar-refractivity contribution < 1.29 is 9.53 Å². The fourth-order valence-corrected chi connectivity index (χ4v) is 2.06. The number of hydrogen-bond acceptors (Lipinski definition) is 3. The highest BCUT2D eigenvalue weighted by molar-refractivity contribution is 7.98. The van der Waals surface area contributed by atoms with Crippen molar-refractivity contribution in [3.05, 3.63) is 12.7 Å². The maximum atomic E-state index is 11.5. The lowest BCUT2D eigenvalue weighted by atomic mass is 9.82. The van der Waals surface area contributed by atoms with Gasteiger partial charge in [-0.1, -0.05) is 6.08 Å². The van der Waals surface area contributed by atoms with Crippen LogP contribution in [0.3, 0.4) is 0 Å². The van der Waals surface area contributed by atoms with Crippen LogP contribution in [-0.4, -0.2) is 18.2 Å². The Morgan fingerprint density at radius 1 is 1.50 bits per heavy atom. The lowest BCUT2D eigenvalue weighted by Gasteiger charge is -2.24. The third-order valence-electron chi connectivity index (χ3n) is 2.76. The Balaban J connectivity index is 2.26. The number of thioether (sulfide) groups is 1. The van der Waals surface area contributed by atoms with E-state index in [0.29, 0.717) is 11.9 Å². The van der Waals surface area contributed by atoms with E-state index >= 15 is 0 Å². The third kappa shape index (κ3) is 3.37. The van der Waals surface area contributed by atoms with E-state index in [9.17, 15) is 4.79 Å². The number of allylic oxidation sites excluding steroid dienone is 1. The minimum atomic E-state index is -0.0122. The number of rotatable bonds is 4. The molecule has 0 aromatic rings. The molecule has 0 radical (unpaired) electrons. The number of esters is 1. The Labute approximate surface area is 90.1 Å². The molecule has 1 aliphatic carbocycles. The van der Waals surface area contributed by atoms with Gasteiger partial charge in [-0.2, -0.15) is 0 Å². The van der Waals surface area contributed by atoms with E-state index in [0.717, 1.165) is 25.7 Å².